The number of aryl methyl sites for hydroxylation is 1. The van der Waals surface area contributed by atoms with E-state index in [0.29, 0.717) is 5.82 Å². The molecule has 2 heteroatoms. The molecule has 3 aromatic rings. The van der Waals surface area contributed by atoms with Gasteiger partial charge in [0.15, 0.2) is 0 Å². The molecule has 0 aliphatic carbocycles. The molecule has 0 atom stereocenters. The molecule has 2 aromatic carbocycles. The molecule has 0 unspecified atom stereocenters. The Labute approximate surface area is 106 Å². The molecule has 0 saturated carbocycles. The van der Waals surface area contributed by atoms with Crippen LogP contribution in [0.1, 0.15) is 5.56 Å². The van der Waals surface area contributed by atoms with Gasteiger partial charge in [-0.25, -0.2) is 4.98 Å². The number of pyridine rings is 1. The van der Waals surface area contributed by atoms with Gasteiger partial charge < -0.3 is 5.73 Å². The predicted molar refractivity (Wildman–Crippen MR) is 76.3 cm³/mol. The van der Waals surface area contributed by atoms with Crippen LogP contribution in [0.4, 0.5) is 5.82 Å². The first-order chi connectivity index (χ1) is 8.75. The average Bonchev–Trinajstić information content (AvgIpc) is 2.40. The largest absolute Gasteiger partial charge is 0.383 e. The van der Waals surface area contributed by atoms with E-state index in [1.807, 2.05) is 25.1 Å². The molecule has 18 heavy (non-hydrogen) atoms. The number of nitrogen functional groups attached to an aromatic ring is 1. The van der Waals surface area contributed by atoms with Gasteiger partial charge in [0.05, 0.1) is 5.52 Å². The Morgan fingerprint density at radius 2 is 1.72 bits per heavy atom. The summed E-state index contributed by atoms with van der Waals surface area (Å²) in [6.45, 7) is 1.98. The Balaban J connectivity index is 2.34. The van der Waals surface area contributed by atoms with Gasteiger partial charge in [-0.2, -0.15) is 0 Å². The van der Waals surface area contributed by atoms with Crippen molar-refractivity contribution in [3.8, 4) is 11.1 Å². The highest BCUT2D eigenvalue weighted by molar-refractivity contribution is 5.94. The molecule has 1 heterocycles. The zero-order valence-electron chi connectivity index (χ0n) is 10.2. The van der Waals surface area contributed by atoms with Crippen LogP contribution >= 0.6 is 0 Å². The fourth-order valence-corrected chi connectivity index (χ4v) is 2.17. The zero-order chi connectivity index (χ0) is 12.5. The Morgan fingerprint density at radius 1 is 0.944 bits per heavy atom. The monoisotopic (exact) mass is 234 g/mol. The van der Waals surface area contributed by atoms with Crippen LogP contribution in [0.15, 0.2) is 54.6 Å². The molecular weight excluding hydrogens is 220 g/mol. The quantitative estimate of drug-likeness (QED) is 0.695. The lowest BCUT2D eigenvalue weighted by Gasteiger charge is -2.08. The Bertz CT molecular complexity index is 703. The van der Waals surface area contributed by atoms with Crippen LogP contribution in [0.25, 0.3) is 22.0 Å². The number of nitrogens with two attached hydrogens (primary N) is 1. The van der Waals surface area contributed by atoms with Crippen molar-refractivity contribution in [3.63, 3.8) is 0 Å². The number of anilines is 1. The van der Waals surface area contributed by atoms with Crippen LogP contribution in [-0.4, -0.2) is 4.98 Å². The summed E-state index contributed by atoms with van der Waals surface area (Å²) < 4.78 is 0. The summed E-state index contributed by atoms with van der Waals surface area (Å²) in [7, 11) is 0. The molecule has 0 amide bonds. The van der Waals surface area contributed by atoms with Gasteiger partial charge in [-0.1, -0.05) is 48.5 Å². The minimum atomic E-state index is 0.603. The third-order valence-electron chi connectivity index (χ3n) is 3.16. The molecule has 88 valence electrons. The van der Waals surface area contributed by atoms with E-state index in [4.69, 9.17) is 5.73 Å². The highest BCUT2D eigenvalue weighted by atomic mass is 14.8. The third kappa shape index (κ3) is 1.72. The predicted octanol–water partition coefficient (Wildman–Crippen LogP) is 3.79. The van der Waals surface area contributed by atoms with E-state index in [1.54, 1.807) is 0 Å². The van der Waals surface area contributed by atoms with Gasteiger partial charge in [0.1, 0.15) is 5.82 Å². The lowest BCUT2D eigenvalue weighted by atomic mass is 10.0. The number of nitrogens with zero attached hydrogens (tertiary/aromatic N) is 1. The standard InChI is InChI=1S/C16H14N2/c1-11-10-13-8-5-9-14(15(13)18-16(11)17)12-6-3-2-4-7-12/h2-10H,1H3,(H2,17,18). The molecule has 0 radical (unpaired) electrons. The van der Waals surface area contributed by atoms with E-state index in [-0.39, 0.29) is 0 Å². The average molecular weight is 234 g/mol. The van der Waals surface area contributed by atoms with Crippen molar-refractivity contribution in [2.75, 3.05) is 5.73 Å². The molecule has 0 bridgehead atoms. The molecule has 0 spiro atoms. The molecule has 2 N–H and O–H groups in total. The minimum absolute atomic E-state index is 0.603. The van der Waals surface area contributed by atoms with E-state index < -0.39 is 0 Å². The Hall–Kier alpha value is -2.35. The number of hydrogen-bond acceptors (Lipinski definition) is 2. The minimum Gasteiger partial charge on any atom is -0.383 e. The summed E-state index contributed by atoms with van der Waals surface area (Å²) in [4.78, 5) is 4.53. The first kappa shape index (κ1) is 10.8. The SMILES string of the molecule is Cc1cc2cccc(-c3ccccc3)c2nc1N. The second-order valence-corrected chi connectivity index (χ2v) is 4.43. The molecule has 0 aliphatic heterocycles. The normalized spacial score (nSPS) is 10.7. The lowest BCUT2D eigenvalue weighted by Crippen LogP contribution is -1.95. The number of para-hydroxylation sites is 1. The summed E-state index contributed by atoms with van der Waals surface area (Å²) in [6.07, 6.45) is 0. The van der Waals surface area contributed by atoms with Gasteiger partial charge in [0, 0.05) is 10.9 Å². The number of fused-ring (bicyclic) bond motifs is 1. The topological polar surface area (TPSA) is 38.9 Å². The first-order valence-corrected chi connectivity index (χ1v) is 5.97. The highest BCUT2D eigenvalue weighted by Crippen LogP contribution is 2.28. The lowest BCUT2D eigenvalue weighted by molar-refractivity contribution is 1.34. The van der Waals surface area contributed by atoms with E-state index in [2.05, 4.69) is 41.4 Å². The molecule has 1 aromatic heterocycles. The third-order valence-corrected chi connectivity index (χ3v) is 3.16. The van der Waals surface area contributed by atoms with Crippen molar-refractivity contribution in [3.05, 3.63) is 60.2 Å². The van der Waals surface area contributed by atoms with Crippen molar-refractivity contribution in [1.29, 1.82) is 0 Å². The number of benzene rings is 2. The molecule has 0 aliphatic rings. The molecule has 3 rings (SSSR count). The van der Waals surface area contributed by atoms with Gasteiger partial charge >= 0.3 is 0 Å². The van der Waals surface area contributed by atoms with E-state index in [9.17, 15) is 0 Å². The number of rotatable bonds is 1. The van der Waals surface area contributed by atoms with Gasteiger partial charge in [-0.05, 0) is 24.1 Å². The van der Waals surface area contributed by atoms with Crippen molar-refractivity contribution >= 4 is 16.7 Å². The Morgan fingerprint density at radius 3 is 2.50 bits per heavy atom. The molecule has 0 saturated heterocycles. The van der Waals surface area contributed by atoms with Gasteiger partial charge in [0.2, 0.25) is 0 Å². The molecule has 0 fully saturated rings. The van der Waals surface area contributed by atoms with Crippen LogP contribution in [0, 0.1) is 6.92 Å². The smallest absolute Gasteiger partial charge is 0.127 e. The summed E-state index contributed by atoms with van der Waals surface area (Å²) in [5, 5.41) is 1.13. The fraction of sp³-hybridized carbons (Fsp3) is 0.0625. The summed E-state index contributed by atoms with van der Waals surface area (Å²) in [5.41, 5.74) is 10.2. The fourth-order valence-electron chi connectivity index (χ4n) is 2.17. The first-order valence-electron chi connectivity index (χ1n) is 5.97. The van der Waals surface area contributed by atoms with E-state index in [1.165, 1.54) is 5.56 Å². The van der Waals surface area contributed by atoms with Crippen molar-refractivity contribution in [2.45, 2.75) is 6.92 Å². The van der Waals surface area contributed by atoms with Crippen molar-refractivity contribution in [2.24, 2.45) is 0 Å². The Kier molecular flexibility index (Phi) is 2.49. The zero-order valence-corrected chi connectivity index (χ0v) is 10.2. The van der Waals surface area contributed by atoms with Crippen LogP contribution in [0.3, 0.4) is 0 Å². The highest BCUT2D eigenvalue weighted by Gasteiger charge is 2.06. The maximum atomic E-state index is 5.92. The second kappa shape index (κ2) is 4.15. The van der Waals surface area contributed by atoms with Gasteiger partial charge in [-0.3, -0.25) is 0 Å². The van der Waals surface area contributed by atoms with Crippen molar-refractivity contribution < 1.29 is 0 Å². The van der Waals surface area contributed by atoms with E-state index >= 15 is 0 Å². The second-order valence-electron chi connectivity index (χ2n) is 4.43. The summed E-state index contributed by atoms with van der Waals surface area (Å²) >= 11 is 0. The number of hydrogen-bond donors (Lipinski definition) is 1. The van der Waals surface area contributed by atoms with E-state index in [0.717, 1.165) is 22.0 Å². The van der Waals surface area contributed by atoms with Crippen molar-refractivity contribution in [1.82, 2.24) is 4.98 Å². The molecule has 2 nitrogen and oxygen atoms in total. The molecular formula is C16H14N2. The van der Waals surface area contributed by atoms with Crippen LogP contribution < -0.4 is 5.73 Å². The van der Waals surface area contributed by atoms with Crippen LogP contribution in [0.2, 0.25) is 0 Å². The number of aromatic nitrogens is 1. The summed E-state index contributed by atoms with van der Waals surface area (Å²) in [5.74, 6) is 0.603. The van der Waals surface area contributed by atoms with Gasteiger partial charge in [0.25, 0.3) is 0 Å². The maximum Gasteiger partial charge on any atom is 0.127 e. The van der Waals surface area contributed by atoms with Gasteiger partial charge in [-0.15, -0.1) is 0 Å². The summed E-state index contributed by atoms with van der Waals surface area (Å²) in [6, 6.07) is 18.6. The van der Waals surface area contributed by atoms with Crippen LogP contribution in [0.5, 0.6) is 0 Å². The maximum absolute atomic E-state index is 5.92. The van der Waals surface area contributed by atoms with Crippen LogP contribution in [-0.2, 0) is 0 Å².